The lowest BCUT2D eigenvalue weighted by atomic mass is 10.2. The molecule has 2 aromatic rings. The molecule has 2 amide bonds. The lowest BCUT2D eigenvalue weighted by Gasteiger charge is -2.36. The van der Waals surface area contributed by atoms with Gasteiger partial charge in [0, 0.05) is 37.6 Å². The number of ether oxygens (including phenoxy) is 2. The highest BCUT2D eigenvalue weighted by Gasteiger charge is 2.21. The number of amides is 2. The number of carbonyl (C=O) groups excluding carboxylic acids is 2. The minimum atomic E-state index is -0.366. The van der Waals surface area contributed by atoms with E-state index in [4.69, 9.17) is 9.47 Å². The average Bonchev–Trinajstić information content (AvgIpc) is 2.74. The molecule has 1 fully saturated rings. The summed E-state index contributed by atoms with van der Waals surface area (Å²) < 4.78 is 10.1. The molecule has 0 aliphatic carbocycles. The molecule has 0 bridgehead atoms. The fourth-order valence-electron chi connectivity index (χ4n) is 3.07. The van der Waals surface area contributed by atoms with Crippen molar-refractivity contribution in [2.24, 2.45) is 0 Å². The molecule has 7 nitrogen and oxygen atoms in total. The van der Waals surface area contributed by atoms with E-state index in [2.05, 4.69) is 10.2 Å². The predicted octanol–water partition coefficient (Wildman–Crippen LogP) is 3.23. The Labute approximate surface area is 164 Å². The second kappa shape index (κ2) is 9.12. The zero-order chi connectivity index (χ0) is 19.9. The maximum atomic E-state index is 12.5. The van der Waals surface area contributed by atoms with Gasteiger partial charge >= 0.3 is 12.0 Å². The standard InChI is InChI=1S/C21H25N3O4/c1-3-28-20(25)16-4-6-17(7-5-16)22-21(26)24-14-12-23(13-15-24)18-8-10-19(27-2)11-9-18/h4-11H,3,12-15H2,1-2H3,(H,22,26). The van der Waals surface area contributed by atoms with E-state index in [1.807, 2.05) is 24.3 Å². The molecule has 0 atom stereocenters. The van der Waals surface area contributed by atoms with Gasteiger partial charge in [-0.3, -0.25) is 0 Å². The molecule has 1 saturated heterocycles. The molecule has 1 heterocycles. The maximum absolute atomic E-state index is 12.5. The van der Waals surface area contributed by atoms with Crippen LogP contribution in [0.5, 0.6) is 5.75 Å². The number of hydrogen-bond acceptors (Lipinski definition) is 5. The molecule has 3 rings (SSSR count). The van der Waals surface area contributed by atoms with Crippen LogP contribution in [0.25, 0.3) is 0 Å². The molecule has 1 aliphatic rings. The molecule has 1 aliphatic heterocycles. The highest BCUT2D eigenvalue weighted by Crippen LogP contribution is 2.21. The summed E-state index contributed by atoms with van der Waals surface area (Å²) in [5, 5.41) is 2.88. The van der Waals surface area contributed by atoms with Crippen LogP contribution in [0.4, 0.5) is 16.2 Å². The second-order valence-electron chi connectivity index (χ2n) is 6.40. The average molecular weight is 383 g/mol. The largest absolute Gasteiger partial charge is 0.497 e. The molecule has 0 saturated carbocycles. The number of benzene rings is 2. The first-order chi connectivity index (χ1) is 13.6. The van der Waals surface area contributed by atoms with Gasteiger partial charge in [0.05, 0.1) is 19.3 Å². The number of urea groups is 1. The van der Waals surface area contributed by atoms with Crippen molar-refractivity contribution in [1.82, 2.24) is 4.90 Å². The topological polar surface area (TPSA) is 71.1 Å². The summed E-state index contributed by atoms with van der Waals surface area (Å²) in [5.74, 6) is 0.464. The quantitative estimate of drug-likeness (QED) is 0.803. The van der Waals surface area contributed by atoms with Gasteiger partial charge < -0.3 is 24.6 Å². The highest BCUT2D eigenvalue weighted by atomic mass is 16.5. The Morgan fingerprint density at radius 1 is 0.964 bits per heavy atom. The van der Waals surface area contributed by atoms with Gasteiger partial charge in [-0.1, -0.05) is 0 Å². The number of anilines is 2. The van der Waals surface area contributed by atoms with E-state index >= 15 is 0 Å². The zero-order valence-electron chi connectivity index (χ0n) is 16.2. The third kappa shape index (κ3) is 4.73. The van der Waals surface area contributed by atoms with Crippen molar-refractivity contribution >= 4 is 23.4 Å². The van der Waals surface area contributed by atoms with Crippen LogP contribution in [0.1, 0.15) is 17.3 Å². The molecule has 1 N–H and O–H groups in total. The number of nitrogens with one attached hydrogen (secondary N) is 1. The third-order valence-corrected chi connectivity index (χ3v) is 4.65. The number of hydrogen-bond donors (Lipinski definition) is 1. The zero-order valence-corrected chi connectivity index (χ0v) is 16.2. The summed E-state index contributed by atoms with van der Waals surface area (Å²) in [7, 11) is 1.65. The van der Waals surface area contributed by atoms with E-state index in [1.165, 1.54) is 0 Å². The van der Waals surface area contributed by atoms with Crippen molar-refractivity contribution in [3.05, 3.63) is 54.1 Å². The molecule has 0 radical (unpaired) electrons. The smallest absolute Gasteiger partial charge is 0.338 e. The Morgan fingerprint density at radius 2 is 1.61 bits per heavy atom. The molecule has 0 spiro atoms. The van der Waals surface area contributed by atoms with Gasteiger partial charge in [0.25, 0.3) is 0 Å². The minimum Gasteiger partial charge on any atom is -0.497 e. The summed E-state index contributed by atoms with van der Waals surface area (Å²) in [6.45, 7) is 4.90. The molecule has 7 heteroatoms. The molecule has 0 aromatic heterocycles. The van der Waals surface area contributed by atoms with Gasteiger partial charge in [-0.05, 0) is 55.5 Å². The summed E-state index contributed by atoms with van der Waals surface area (Å²) >= 11 is 0. The first-order valence-electron chi connectivity index (χ1n) is 9.33. The van der Waals surface area contributed by atoms with E-state index in [1.54, 1.807) is 43.2 Å². The van der Waals surface area contributed by atoms with Gasteiger partial charge in [-0.2, -0.15) is 0 Å². The van der Waals surface area contributed by atoms with Crippen LogP contribution in [0.3, 0.4) is 0 Å². The maximum Gasteiger partial charge on any atom is 0.338 e. The summed E-state index contributed by atoms with van der Waals surface area (Å²) in [6, 6.07) is 14.5. The fraction of sp³-hybridized carbons (Fsp3) is 0.333. The first kappa shape index (κ1) is 19.5. The SMILES string of the molecule is CCOC(=O)c1ccc(NC(=O)N2CCN(c3ccc(OC)cc3)CC2)cc1. The highest BCUT2D eigenvalue weighted by molar-refractivity contribution is 5.92. The normalized spacial score (nSPS) is 13.8. The number of esters is 1. The van der Waals surface area contributed by atoms with Crippen LogP contribution >= 0.6 is 0 Å². The van der Waals surface area contributed by atoms with Crippen molar-refractivity contribution in [3.63, 3.8) is 0 Å². The number of rotatable bonds is 5. The Kier molecular flexibility index (Phi) is 6.37. The molecular weight excluding hydrogens is 358 g/mol. The van der Waals surface area contributed by atoms with Crippen LogP contribution in [0, 0.1) is 0 Å². The first-order valence-corrected chi connectivity index (χ1v) is 9.33. The summed E-state index contributed by atoms with van der Waals surface area (Å²) in [5.41, 5.74) is 2.24. The van der Waals surface area contributed by atoms with Gasteiger partial charge in [0.1, 0.15) is 5.75 Å². The van der Waals surface area contributed by atoms with E-state index in [-0.39, 0.29) is 12.0 Å². The van der Waals surface area contributed by atoms with E-state index < -0.39 is 0 Å². The summed E-state index contributed by atoms with van der Waals surface area (Å²) in [4.78, 5) is 28.2. The van der Waals surface area contributed by atoms with Crippen LogP contribution in [-0.4, -0.2) is 56.8 Å². The lowest BCUT2D eigenvalue weighted by molar-refractivity contribution is 0.0526. The predicted molar refractivity (Wildman–Crippen MR) is 108 cm³/mol. The lowest BCUT2D eigenvalue weighted by Crippen LogP contribution is -2.50. The van der Waals surface area contributed by atoms with Crippen molar-refractivity contribution in [2.75, 3.05) is 50.1 Å². The van der Waals surface area contributed by atoms with Crippen molar-refractivity contribution in [1.29, 1.82) is 0 Å². The van der Waals surface area contributed by atoms with Gasteiger partial charge in [-0.25, -0.2) is 9.59 Å². The van der Waals surface area contributed by atoms with Crippen molar-refractivity contribution in [3.8, 4) is 5.75 Å². The Hall–Kier alpha value is -3.22. The van der Waals surface area contributed by atoms with Crippen LogP contribution in [0.2, 0.25) is 0 Å². The van der Waals surface area contributed by atoms with E-state index in [0.29, 0.717) is 30.9 Å². The van der Waals surface area contributed by atoms with Crippen molar-refractivity contribution in [2.45, 2.75) is 6.92 Å². The summed E-state index contributed by atoms with van der Waals surface area (Å²) in [6.07, 6.45) is 0. The fourth-order valence-corrected chi connectivity index (χ4v) is 3.07. The molecular formula is C21H25N3O4. The molecule has 0 unspecified atom stereocenters. The Balaban J connectivity index is 1.51. The molecule has 148 valence electrons. The number of carbonyl (C=O) groups is 2. The van der Waals surface area contributed by atoms with E-state index in [9.17, 15) is 9.59 Å². The van der Waals surface area contributed by atoms with Crippen LogP contribution in [-0.2, 0) is 4.74 Å². The third-order valence-electron chi connectivity index (χ3n) is 4.65. The monoisotopic (exact) mass is 383 g/mol. The minimum absolute atomic E-state index is 0.140. The van der Waals surface area contributed by atoms with Gasteiger partial charge in [0.15, 0.2) is 0 Å². The molecule has 2 aromatic carbocycles. The number of methoxy groups -OCH3 is 1. The van der Waals surface area contributed by atoms with Crippen molar-refractivity contribution < 1.29 is 19.1 Å². The van der Waals surface area contributed by atoms with Gasteiger partial charge in [0.2, 0.25) is 0 Å². The Bertz CT molecular complexity index is 797. The van der Waals surface area contributed by atoms with Gasteiger partial charge in [-0.15, -0.1) is 0 Å². The second-order valence-corrected chi connectivity index (χ2v) is 6.40. The van der Waals surface area contributed by atoms with Crippen LogP contribution in [0.15, 0.2) is 48.5 Å². The number of piperazine rings is 1. The Morgan fingerprint density at radius 3 is 2.18 bits per heavy atom. The molecule has 28 heavy (non-hydrogen) atoms. The number of nitrogens with zero attached hydrogens (tertiary/aromatic N) is 2. The van der Waals surface area contributed by atoms with Crippen LogP contribution < -0.4 is 15.0 Å². The van der Waals surface area contributed by atoms with E-state index in [0.717, 1.165) is 24.5 Å².